The highest BCUT2D eigenvalue weighted by Crippen LogP contribution is 2.36. The second kappa shape index (κ2) is 10.2. The maximum atomic E-state index is 13.5. The van der Waals surface area contributed by atoms with Crippen LogP contribution in [0.15, 0.2) is 78.6 Å². The van der Waals surface area contributed by atoms with Gasteiger partial charge >= 0.3 is 0 Å². The van der Waals surface area contributed by atoms with Crippen LogP contribution in [0.5, 0.6) is 5.75 Å². The number of carbonyl (C=O) groups excluding carboxylic acids is 2. The van der Waals surface area contributed by atoms with Crippen LogP contribution in [0.1, 0.15) is 25.1 Å². The highest BCUT2D eigenvalue weighted by Gasteiger charge is 2.40. The van der Waals surface area contributed by atoms with Gasteiger partial charge in [0.25, 0.3) is 11.8 Å². The van der Waals surface area contributed by atoms with E-state index in [0.717, 1.165) is 24.5 Å². The van der Waals surface area contributed by atoms with E-state index in [0.29, 0.717) is 17.0 Å². The lowest BCUT2D eigenvalue weighted by Gasteiger charge is -2.21. The van der Waals surface area contributed by atoms with Gasteiger partial charge in [-0.2, -0.15) is 0 Å². The molecule has 2 amide bonds. The molecule has 0 saturated carbocycles. The van der Waals surface area contributed by atoms with Crippen LogP contribution < -0.4 is 15.0 Å². The van der Waals surface area contributed by atoms with E-state index in [-0.39, 0.29) is 23.7 Å². The largest absolute Gasteiger partial charge is 0.496 e. The average Bonchev–Trinajstić information content (AvgIpc) is 3.10. The molecule has 0 radical (unpaired) electrons. The number of imide groups is 1. The molecule has 2 heterocycles. The van der Waals surface area contributed by atoms with Crippen molar-refractivity contribution in [3.8, 4) is 5.75 Å². The van der Waals surface area contributed by atoms with Gasteiger partial charge in [-0.25, -0.2) is 0 Å². The van der Waals surface area contributed by atoms with Crippen molar-refractivity contribution in [3.05, 3.63) is 89.9 Å². The molecule has 0 bridgehead atoms. The third kappa shape index (κ3) is 4.50. The summed E-state index contributed by atoms with van der Waals surface area (Å²) in [6.07, 6.45) is 1.64. The maximum absolute atomic E-state index is 13.5. The number of rotatable bonds is 9. The van der Waals surface area contributed by atoms with Crippen molar-refractivity contribution in [1.29, 1.82) is 0 Å². The van der Waals surface area contributed by atoms with Crippen LogP contribution in [-0.2, 0) is 16.1 Å². The fourth-order valence-corrected chi connectivity index (χ4v) is 4.08. The van der Waals surface area contributed by atoms with Crippen LogP contribution in [0.3, 0.4) is 0 Å². The Morgan fingerprint density at radius 3 is 2.26 bits per heavy atom. The van der Waals surface area contributed by atoms with E-state index in [1.165, 1.54) is 4.90 Å². The number of carbonyl (C=O) groups is 2. The van der Waals surface area contributed by atoms with Gasteiger partial charge in [0.1, 0.15) is 11.4 Å². The van der Waals surface area contributed by atoms with E-state index < -0.39 is 5.91 Å². The van der Waals surface area contributed by atoms with Crippen molar-refractivity contribution in [2.75, 3.05) is 30.4 Å². The summed E-state index contributed by atoms with van der Waals surface area (Å²) in [4.78, 5) is 34.7. The molecule has 0 atom stereocenters. The number of benzene rings is 2. The molecular formula is C27H28N4O3. The third-order valence-electron chi connectivity index (χ3n) is 5.86. The Kier molecular flexibility index (Phi) is 6.92. The monoisotopic (exact) mass is 456 g/mol. The van der Waals surface area contributed by atoms with Crippen molar-refractivity contribution >= 4 is 28.8 Å². The molecule has 0 saturated heterocycles. The Morgan fingerprint density at radius 2 is 1.62 bits per heavy atom. The SMILES string of the molecule is CCN(CC)c1ccc(NC2=C(c3ccccc3OC)C(=O)N(Cc3ccccn3)C2=O)cc1. The first-order valence-electron chi connectivity index (χ1n) is 11.3. The van der Waals surface area contributed by atoms with Crippen LogP contribution >= 0.6 is 0 Å². The first-order valence-corrected chi connectivity index (χ1v) is 11.3. The Balaban J connectivity index is 1.72. The lowest BCUT2D eigenvalue weighted by atomic mass is 10.0. The van der Waals surface area contributed by atoms with Gasteiger partial charge in [0, 0.05) is 36.2 Å². The molecule has 0 fully saturated rings. The fraction of sp³-hybridized carbons (Fsp3) is 0.222. The quantitative estimate of drug-likeness (QED) is 0.483. The van der Waals surface area contributed by atoms with Crippen LogP contribution in [-0.4, -0.2) is 41.9 Å². The minimum atomic E-state index is -0.399. The number of hydrogen-bond donors (Lipinski definition) is 1. The topological polar surface area (TPSA) is 74.8 Å². The lowest BCUT2D eigenvalue weighted by Crippen LogP contribution is -2.32. The molecule has 1 aromatic heterocycles. The van der Waals surface area contributed by atoms with E-state index in [4.69, 9.17) is 4.74 Å². The van der Waals surface area contributed by atoms with Crippen LogP contribution in [0.2, 0.25) is 0 Å². The van der Waals surface area contributed by atoms with E-state index in [9.17, 15) is 9.59 Å². The molecule has 1 aliphatic heterocycles. The van der Waals surface area contributed by atoms with E-state index >= 15 is 0 Å². The summed E-state index contributed by atoms with van der Waals surface area (Å²) in [5.74, 6) is -0.263. The molecule has 4 rings (SSSR count). The minimum Gasteiger partial charge on any atom is -0.496 e. The van der Waals surface area contributed by atoms with Crippen LogP contribution in [0, 0.1) is 0 Å². The molecule has 0 unspecified atom stereocenters. The minimum absolute atomic E-state index is 0.0865. The highest BCUT2D eigenvalue weighted by molar-refractivity contribution is 6.36. The number of nitrogens with one attached hydrogen (secondary N) is 1. The van der Waals surface area contributed by atoms with Crippen molar-refractivity contribution in [2.45, 2.75) is 20.4 Å². The summed E-state index contributed by atoms with van der Waals surface area (Å²) in [6.45, 7) is 6.12. The molecule has 7 nitrogen and oxygen atoms in total. The first kappa shape index (κ1) is 23.0. The highest BCUT2D eigenvalue weighted by atomic mass is 16.5. The number of para-hydroxylation sites is 1. The van der Waals surface area contributed by atoms with Crippen LogP contribution in [0.4, 0.5) is 11.4 Å². The molecule has 0 spiro atoms. The molecule has 34 heavy (non-hydrogen) atoms. The zero-order valence-corrected chi connectivity index (χ0v) is 19.6. The first-order chi connectivity index (χ1) is 16.6. The summed E-state index contributed by atoms with van der Waals surface area (Å²) < 4.78 is 5.50. The normalized spacial score (nSPS) is 13.4. The predicted molar refractivity (Wildman–Crippen MR) is 133 cm³/mol. The summed E-state index contributed by atoms with van der Waals surface area (Å²) in [5, 5.41) is 3.21. The van der Waals surface area contributed by atoms with Crippen molar-refractivity contribution < 1.29 is 14.3 Å². The Labute approximate surface area is 199 Å². The number of nitrogens with zero attached hydrogens (tertiary/aromatic N) is 3. The van der Waals surface area contributed by atoms with E-state index in [2.05, 4.69) is 29.0 Å². The lowest BCUT2D eigenvalue weighted by molar-refractivity contribution is -0.137. The van der Waals surface area contributed by atoms with Gasteiger partial charge in [-0.1, -0.05) is 24.3 Å². The zero-order chi connectivity index (χ0) is 24.1. The molecule has 1 N–H and O–H groups in total. The molecule has 0 aliphatic carbocycles. The number of amides is 2. The molecular weight excluding hydrogens is 428 g/mol. The summed E-state index contributed by atoms with van der Waals surface area (Å²) in [6, 6.07) is 20.5. The number of anilines is 2. The number of aromatic nitrogens is 1. The Morgan fingerprint density at radius 1 is 0.912 bits per heavy atom. The molecule has 174 valence electrons. The van der Waals surface area contributed by atoms with E-state index in [1.54, 1.807) is 37.6 Å². The van der Waals surface area contributed by atoms with Gasteiger partial charge < -0.3 is 15.0 Å². The number of hydrogen-bond acceptors (Lipinski definition) is 6. The number of methoxy groups -OCH3 is 1. The maximum Gasteiger partial charge on any atom is 0.278 e. The average molecular weight is 457 g/mol. The van der Waals surface area contributed by atoms with Crippen molar-refractivity contribution in [2.24, 2.45) is 0 Å². The van der Waals surface area contributed by atoms with Gasteiger partial charge in [-0.05, 0) is 56.3 Å². The van der Waals surface area contributed by atoms with E-state index in [1.807, 2.05) is 42.5 Å². The Bertz CT molecular complexity index is 1200. The smallest absolute Gasteiger partial charge is 0.278 e. The molecule has 3 aromatic rings. The van der Waals surface area contributed by atoms with Gasteiger partial charge in [0.2, 0.25) is 0 Å². The second-order valence-corrected chi connectivity index (χ2v) is 7.81. The third-order valence-corrected chi connectivity index (χ3v) is 5.86. The predicted octanol–water partition coefficient (Wildman–Crippen LogP) is 4.33. The van der Waals surface area contributed by atoms with Gasteiger partial charge in [-0.3, -0.25) is 19.5 Å². The molecule has 2 aromatic carbocycles. The van der Waals surface area contributed by atoms with Gasteiger partial charge in [0.05, 0.1) is 24.9 Å². The number of ether oxygens (including phenoxy) is 1. The second-order valence-electron chi connectivity index (χ2n) is 7.81. The van der Waals surface area contributed by atoms with Crippen molar-refractivity contribution in [1.82, 2.24) is 9.88 Å². The fourth-order valence-electron chi connectivity index (χ4n) is 4.08. The summed E-state index contributed by atoms with van der Waals surface area (Å²) in [7, 11) is 1.55. The number of pyridine rings is 1. The molecule has 7 heteroatoms. The molecule has 1 aliphatic rings. The zero-order valence-electron chi connectivity index (χ0n) is 19.6. The summed E-state index contributed by atoms with van der Waals surface area (Å²) in [5.41, 5.74) is 3.52. The summed E-state index contributed by atoms with van der Waals surface area (Å²) >= 11 is 0. The van der Waals surface area contributed by atoms with Crippen molar-refractivity contribution in [3.63, 3.8) is 0 Å². The van der Waals surface area contributed by atoms with Crippen LogP contribution in [0.25, 0.3) is 5.57 Å². The van der Waals surface area contributed by atoms with Gasteiger partial charge in [0.15, 0.2) is 0 Å². The standard InChI is InChI=1S/C27H28N4O3/c1-4-30(5-2)21-15-13-19(14-16-21)29-25-24(22-11-6-7-12-23(22)34-3)26(32)31(27(25)33)18-20-10-8-9-17-28-20/h6-17,29H,4-5,18H2,1-3H3. The van der Waals surface area contributed by atoms with Gasteiger partial charge in [-0.15, -0.1) is 0 Å². The Hall–Kier alpha value is -4.13.